The van der Waals surface area contributed by atoms with Crippen LogP contribution in [0.5, 0.6) is 0 Å². The first-order chi connectivity index (χ1) is 9.92. The molecule has 0 aliphatic heterocycles. The number of thiophene rings is 1. The number of benzene rings is 1. The van der Waals surface area contributed by atoms with Gasteiger partial charge in [-0.1, -0.05) is 13.0 Å². The van der Waals surface area contributed by atoms with Crippen molar-refractivity contribution in [3.8, 4) is 0 Å². The zero-order valence-corrected chi connectivity index (χ0v) is 12.9. The molecule has 0 aliphatic rings. The lowest BCUT2D eigenvalue weighted by molar-refractivity contribution is -0.384. The van der Waals surface area contributed by atoms with Crippen LogP contribution in [-0.4, -0.2) is 10.8 Å². The van der Waals surface area contributed by atoms with Crippen molar-refractivity contribution in [2.45, 2.75) is 27.2 Å². The summed E-state index contributed by atoms with van der Waals surface area (Å²) in [5, 5.41) is 13.6. The molecule has 2 aromatic rings. The maximum absolute atomic E-state index is 12.3. The van der Waals surface area contributed by atoms with Crippen LogP contribution >= 0.6 is 11.3 Å². The zero-order chi connectivity index (χ0) is 15.6. The molecule has 0 saturated heterocycles. The number of aryl methyl sites for hydroxylation is 3. The fourth-order valence-corrected chi connectivity index (χ4v) is 3.03. The summed E-state index contributed by atoms with van der Waals surface area (Å²) in [6, 6.07) is 6.32. The lowest BCUT2D eigenvalue weighted by Gasteiger charge is -2.07. The molecule has 6 heteroatoms. The highest BCUT2D eigenvalue weighted by Crippen LogP contribution is 2.25. The van der Waals surface area contributed by atoms with Gasteiger partial charge in [0.2, 0.25) is 0 Å². The molecule has 2 rings (SSSR count). The number of anilines is 1. The zero-order valence-electron chi connectivity index (χ0n) is 12.1. The molecule has 0 spiro atoms. The number of carbonyl (C=O) groups excluding carboxylic acids is 1. The molecule has 0 bridgehead atoms. The summed E-state index contributed by atoms with van der Waals surface area (Å²) in [7, 11) is 0. The Hall–Kier alpha value is -2.21. The Balaban J connectivity index is 2.26. The van der Waals surface area contributed by atoms with Crippen LogP contribution in [0.4, 0.5) is 11.4 Å². The molecule has 0 atom stereocenters. The Kier molecular flexibility index (Phi) is 4.37. The monoisotopic (exact) mass is 304 g/mol. The van der Waals surface area contributed by atoms with Crippen LogP contribution < -0.4 is 5.32 Å². The molecule has 0 aliphatic carbocycles. The lowest BCUT2D eigenvalue weighted by atomic mass is 10.1. The summed E-state index contributed by atoms with van der Waals surface area (Å²) in [6.07, 6.45) is 0.880. The fraction of sp³-hybridized carbons (Fsp3) is 0.267. The Morgan fingerprint density at radius 3 is 2.62 bits per heavy atom. The van der Waals surface area contributed by atoms with Crippen molar-refractivity contribution in [1.82, 2.24) is 0 Å². The second-order valence-electron chi connectivity index (χ2n) is 4.76. The first kappa shape index (κ1) is 15.2. The second-order valence-corrected chi connectivity index (χ2v) is 6.01. The van der Waals surface area contributed by atoms with Crippen molar-refractivity contribution in [3.05, 3.63) is 55.3 Å². The number of nitrogens with one attached hydrogen (secondary N) is 1. The average molecular weight is 304 g/mol. The highest BCUT2D eigenvalue weighted by molar-refractivity contribution is 7.14. The third-order valence-corrected chi connectivity index (χ3v) is 4.40. The lowest BCUT2D eigenvalue weighted by Crippen LogP contribution is -2.11. The Labute approximate surface area is 126 Å². The van der Waals surface area contributed by atoms with E-state index in [1.54, 1.807) is 13.0 Å². The number of nitro groups is 1. The van der Waals surface area contributed by atoms with E-state index in [1.165, 1.54) is 23.5 Å². The largest absolute Gasteiger partial charge is 0.321 e. The van der Waals surface area contributed by atoms with E-state index >= 15 is 0 Å². The van der Waals surface area contributed by atoms with Crippen LogP contribution in [0.3, 0.4) is 0 Å². The van der Waals surface area contributed by atoms with E-state index < -0.39 is 4.92 Å². The first-order valence-corrected chi connectivity index (χ1v) is 7.39. The first-order valence-electron chi connectivity index (χ1n) is 6.58. The average Bonchev–Trinajstić information content (AvgIpc) is 2.82. The van der Waals surface area contributed by atoms with Crippen LogP contribution in [0.2, 0.25) is 0 Å². The van der Waals surface area contributed by atoms with Crippen LogP contribution in [0.25, 0.3) is 0 Å². The molecule has 1 heterocycles. The number of nitro benzene ring substituents is 1. The fourth-order valence-electron chi connectivity index (χ4n) is 2.02. The second kappa shape index (κ2) is 6.05. The van der Waals surface area contributed by atoms with Gasteiger partial charge in [-0.25, -0.2) is 0 Å². The van der Waals surface area contributed by atoms with E-state index in [0.717, 1.165) is 22.4 Å². The molecule has 21 heavy (non-hydrogen) atoms. The van der Waals surface area contributed by atoms with Crippen molar-refractivity contribution in [1.29, 1.82) is 0 Å². The van der Waals surface area contributed by atoms with Gasteiger partial charge in [0.15, 0.2) is 0 Å². The third kappa shape index (κ3) is 3.28. The number of carbonyl (C=O) groups is 1. The molecule has 1 aromatic carbocycles. The normalized spacial score (nSPS) is 10.4. The number of non-ortho nitro benzene ring substituents is 1. The summed E-state index contributed by atoms with van der Waals surface area (Å²) in [6.45, 7) is 5.83. The number of amides is 1. The molecule has 1 amide bonds. The minimum absolute atomic E-state index is 0.0347. The number of hydrogen-bond donors (Lipinski definition) is 1. The molecule has 1 N–H and O–H groups in total. The van der Waals surface area contributed by atoms with Gasteiger partial charge >= 0.3 is 0 Å². The van der Waals surface area contributed by atoms with Crippen molar-refractivity contribution < 1.29 is 9.72 Å². The van der Waals surface area contributed by atoms with Gasteiger partial charge in [-0.15, -0.1) is 11.3 Å². The minimum atomic E-state index is -0.473. The Morgan fingerprint density at radius 2 is 2.05 bits per heavy atom. The third-order valence-electron chi connectivity index (χ3n) is 3.31. The molecular formula is C15H16N2O3S. The van der Waals surface area contributed by atoms with Gasteiger partial charge in [-0.3, -0.25) is 14.9 Å². The van der Waals surface area contributed by atoms with E-state index in [0.29, 0.717) is 10.6 Å². The standard InChI is InChI=1S/C15H16N2O3S/c1-4-11-7-14(21-10(11)3)15(18)16-13-8-12(17(19)20)6-5-9(13)2/h5-8H,4H2,1-3H3,(H,16,18). The quantitative estimate of drug-likeness (QED) is 0.683. The smallest absolute Gasteiger partial charge is 0.271 e. The van der Waals surface area contributed by atoms with Gasteiger partial charge in [0, 0.05) is 17.0 Å². The van der Waals surface area contributed by atoms with Gasteiger partial charge in [0.05, 0.1) is 15.5 Å². The summed E-state index contributed by atoms with van der Waals surface area (Å²) in [4.78, 5) is 24.3. The van der Waals surface area contributed by atoms with Crippen LogP contribution in [0, 0.1) is 24.0 Å². The highest BCUT2D eigenvalue weighted by atomic mass is 32.1. The predicted molar refractivity (Wildman–Crippen MR) is 84.2 cm³/mol. The van der Waals surface area contributed by atoms with Gasteiger partial charge in [0.1, 0.15) is 0 Å². The van der Waals surface area contributed by atoms with Crippen LogP contribution in [-0.2, 0) is 6.42 Å². The summed E-state index contributed by atoms with van der Waals surface area (Å²) < 4.78 is 0. The topological polar surface area (TPSA) is 72.2 Å². The van der Waals surface area contributed by atoms with Crippen molar-refractivity contribution in [2.75, 3.05) is 5.32 Å². The Morgan fingerprint density at radius 1 is 1.33 bits per heavy atom. The van der Waals surface area contributed by atoms with Crippen molar-refractivity contribution >= 4 is 28.6 Å². The predicted octanol–water partition coefficient (Wildman–Crippen LogP) is 4.09. The van der Waals surface area contributed by atoms with E-state index in [4.69, 9.17) is 0 Å². The van der Waals surface area contributed by atoms with Gasteiger partial charge in [0.25, 0.3) is 11.6 Å². The van der Waals surface area contributed by atoms with E-state index in [2.05, 4.69) is 5.32 Å². The van der Waals surface area contributed by atoms with Gasteiger partial charge in [-0.2, -0.15) is 0 Å². The van der Waals surface area contributed by atoms with E-state index in [9.17, 15) is 14.9 Å². The number of hydrogen-bond acceptors (Lipinski definition) is 4. The summed E-state index contributed by atoms with van der Waals surface area (Å²) >= 11 is 1.44. The molecule has 0 saturated carbocycles. The molecular weight excluding hydrogens is 288 g/mol. The number of rotatable bonds is 4. The maximum atomic E-state index is 12.3. The summed E-state index contributed by atoms with van der Waals surface area (Å²) in [5.74, 6) is -0.230. The molecule has 0 radical (unpaired) electrons. The molecule has 0 fully saturated rings. The van der Waals surface area contributed by atoms with Gasteiger partial charge in [-0.05, 0) is 37.5 Å². The van der Waals surface area contributed by atoms with Crippen molar-refractivity contribution in [3.63, 3.8) is 0 Å². The van der Waals surface area contributed by atoms with Crippen molar-refractivity contribution in [2.24, 2.45) is 0 Å². The highest BCUT2D eigenvalue weighted by Gasteiger charge is 2.15. The minimum Gasteiger partial charge on any atom is -0.321 e. The Bertz CT molecular complexity index is 707. The van der Waals surface area contributed by atoms with E-state index in [1.807, 2.05) is 19.9 Å². The molecule has 1 aromatic heterocycles. The van der Waals surface area contributed by atoms with Crippen LogP contribution in [0.15, 0.2) is 24.3 Å². The van der Waals surface area contributed by atoms with Crippen LogP contribution in [0.1, 0.15) is 32.6 Å². The molecule has 5 nitrogen and oxygen atoms in total. The summed E-state index contributed by atoms with van der Waals surface area (Å²) in [5.41, 5.74) is 2.38. The molecule has 110 valence electrons. The van der Waals surface area contributed by atoms with Gasteiger partial charge < -0.3 is 5.32 Å². The maximum Gasteiger partial charge on any atom is 0.271 e. The number of nitrogens with zero attached hydrogens (tertiary/aromatic N) is 1. The van der Waals surface area contributed by atoms with E-state index in [-0.39, 0.29) is 11.6 Å². The molecule has 0 unspecified atom stereocenters. The SMILES string of the molecule is CCc1cc(C(=O)Nc2cc([N+](=O)[O-])ccc2C)sc1C.